The van der Waals surface area contributed by atoms with Gasteiger partial charge in [0.2, 0.25) is 0 Å². The van der Waals surface area contributed by atoms with Crippen LogP contribution in [-0.2, 0) is 4.79 Å². The van der Waals surface area contributed by atoms with Crippen molar-refractivity contribution in [1.29, 1.82) is 0 Å². The molecule has 3 aromatic rings. The van der Waals surface area contributed by atoms with Crippen molar-refractivity contribution in [3.63, 3.8) is 0 Å². The fourth-order valence-corrected chi connectivity index (χ4v) is 3.32. The number of aryl methyl sites for hydroxylation is 1. The number of ether oxygens (including phenoxy) is 1. The van der Waals surface area contributed by atoms with Crippen molar-refractivity contribution in [2.24, 2.45) is 0 Å². The van der Waals surface area contributed by atoms with Gasteiger partial charge in [0.25, 0.3) is 5.91 Å². The number of carbonyl (C=O) groups excluding carboxylic acids is 1. The lowest BCUT2D eigenvalue weighted by Crippen LogP contribution is -2.52. The lowest BCUT2D eigenvalue weighted by molar-refractivity contribution is -0.138. The normalized spacial score (nSPS) is 15.2. The topological polar surface area (TPSA) is 89.3 Å². The molecule has 1 saturated heterocycles. The Morgan fingerprint density at radius 3 is 2.59 bits per heavy atom. The van der Waals surface area contributed by atoms with Gasteiger partial charge in [-0.15, -0.1) is 0 Å². The molecule has 2 aromatic heterocycles. The SMILES string of the molecule is Cc1cccc(OC(C)C(=O)N2CCN(c3cc(-n4cncn4)ncn3)CC2)c1. The van der Waals surface area contributed by atoms with Gasteiger partial charge in [-0.05, 0) is 31.5 Å². The molecule has 1 aromatic carbocycles. The molecule has 9 nitrogen and oxygen atoms in total. The zero-order chi connectivity index (χ0) is 20.2. The predicted octanol–water partition coefficient (Wildman–Crippen LogP) is 1.48. The van der Waals surface area contributed by atoms with E-state index in [9.17, 15) is 4.79 Å². The fourth-order valence-electron chi connectivity index (χ4n) is 3.32. The molecule has 0 spiro atoms. The van der Waals surface area contributed by atoms with E-state index in [4.69, 9.17) is 4.74 Å². The quantitative estimate of drug-likeness (QED) is 0.649. The van der Waals surface area contributed by atoms with Crippen molar-refractivity contribution in [2.45, 2.75) is 20.0 Å². The minimum Gasteiger partial charge on any atom is -0.481 e. The lowest BCUT2D eigenvalue weighted by atomic mass is 10.2. The third-order valence-corrected chi connectivity index (χ3v) is 4.86. The summed E-state index contributed by atoms with van der Waals surface area (Å²) in [5, 5.41) is 4.10. The second-order valence-electron chi connectivity index (χ2n) is 6.96. The molecule has 0 saturated carbocycles. The van der Waals surface area contributed by atoms with Crippen molar-refractivity contribution in [3.8, 4) is 11.6 Å². The molecular weight excluding hydrogens is 370 g/mol. The van der Waals surface area contributed by atoms with Crippen LogP contribution in [0.15, 0.2) is 49.3 Å². The van der Waals surface area contributed by atoms with Gasteiger partial charge in [0.05, 0.1) is 0 Å². The fraction of sp³-hybridized carbons (Fsp3) is 0.350. The molecule has 150 valence electrons. The second kappa shape index (κ2) is 8.26. The van der Waals surface area contributed by atoms with Gasteiger partial charge in [-0.1, -0.05) is 12.1 Å². The maximum Gasteiger partial charge on any atom is 0.263 e. The number of piperazine rings is 1. The molecule has 3 heterocycles. The number of hydrogen-bond acceptors (Lipinski definition) is 7. The molecule has 0 N–H and O–H groups in total. The van der Waals surface area contributed by atoms with Crippen LogP contribution in [0.1, 0.15) is 12.5 Å². The highest BCUT2D eigenvalue weighted by molar-refractivity contribution is 5.81. The monoisotopic (exact) mass is 393 g/mol. The van der Waals surface area contributed by atoms with Gasteiger partial charge in [-0.3, -0.25) is 4.79 Å². The summed E-state index contributed by atoms with van der Waals surface area (Å²) in [7, 11) is 0. The molecule has 1 fully saturated rings. The average Bonchev–Trinajstić information content (AvgIpc) is 3.28. The van der Waals surface area contributed by atoms with Crippen molar-refractivity contribution in [1.82, 2.24) is 29.6 Å². The third kappa shape index (κ3) is 4.34. The number of rotatable bonds is 5. The van der Waals surface area contributed by atoms with Gasteiger partial charge in [-0.2, -0.15) is 5.10 Å². The Balaban J connectivity index is 1.35. The Morgan fingerprint density at radius 2 is 1.86 bits per heavy atom. The van der Waals surface area contributed by atoms with E-state index in [-0.39, 0.29) is 5.91 Å². The third-order valence-electron chi connectivity index (χ3n) is 4.86. The number of nitrogens with zero attached hydrogens (tertiary/aromatic N) is 7. The van der Waals surface area contributed by atoms with Crippen molar-refractivity contribution >= 4 is 11.7 Å². The minimum atomic E-state index is -0.527. The standard InChI is InChI=1S/C20H23N7O2/c1-15-4-3-5-17(10-15)29-16(2)20(28)26-8-6-25(7-9-26)18-11-19(23-13-22-18)27-14-21-12-24-27/h3-5,10-14,16H,6-9H2,1-2H3. The largest absolute Gasteiger partial charge is 0.481 e. The van der Waals surface area contributed by atoms with Crippen LogP contribution >= 0.6 is 0 Å². The van der Waals surface area contributed by atoms with Gasteiger partial charge in [0.1, 0.15) is 30.5 Å². The van der Waals surface area contributed by atoms with Crippen LogP contribution < -0.4 is 9.64 Å². The molecule has 1 aliphatic heterocycles. The van der Waals surface area contributed by atoms with E-state index in [0.29, 0.717) is 37.7 Å². The lowest BCUT2D eigenvalue weighted by Gasteiger charge is -2.36. The maximum absolute atomic E-state index is 12.8. The number of carbonyl (C=O) groups is 1. The van der Waals surface area contributed by atoms with Crippen LogP contribution in [-0.4, -0.2) is 67.8 Å². The predicted molar refractivity (Wildman–Crippen MR) is 107 cm³/mol. The summed E-state index contributed by atoms with van der Waals surface area (Å²) in [5.41, 5.74) is 1.10. The van der Waals surface area contributed by atoms with E-state index in [1.165, 1.54) is 12.7 Å². The van der Waals surface area contributed by atoms with E-state index >= 15 is 0 Å². The molecule has 1 unspecified atom stereocenters. The molecule has 9 heteroatoms. The highest BCUT2D eigenvalue weighted by Crippen LogP contribution is 2.18. The Hall–Kier alpha value is -3.49. The van der Waals surface area contributed by atoms with E-state index in [1.54, 1.807) is 17.9 Å². The van der Waals surface area contributed by atoms with E-state index < -0.39 is 6.10 Å². The summed E-state index contributed by atoms with van der Waals surface area (Å²) in [5.74, 6) is 2.18. The summed E-state index contributed by atoms with van der Waals surface area (Å²) in [6, 6.07) is 9.60. The van der Waals surface area contributed by atoms with E-state index in [2.05, 4.69) is 25.0 Å². The first-order valence-corrected chi connectivity index (χ1v) is 9.54. The maximum atomic E-state index is 12.8. The summed E-state index contributed by atoms with van der Waals surface area (Å²) < 4.78 is 7.43. The van der Waals surface area contributed by atoms with Crippen LogP contribution in [0.2, 0.25) is 0 Å². The Bertz CT molecular complexity index is 968. The Labute approximate surface area is 169 Å². The van der Waals surface area contributed by atoms with Crippen LogP contribution in [0, 0.1) is 6.92 Å². The van der Waals surface area contributed by atoms with Crippen LogP contribution in [0.3, 0.4) is 0 Å². The van der Waals surface area contributed by atoms with E-state index in [1.807, 2.05) is 42.2 Å². The number of benzene rings is 1. The molecule has 1 atom stereocenters. The molecule has 0 radical (unpaired) electrons. The van der Waals surface area contributed by atoms with E-state index in [0.717, 1.165) is 11.4 Å². The smallest absolute Gasteiger partial charge is 0.263 e. The van der Waals surface area contributed by atoms with Gasteiger partial charge in [0, 0.05) is 32.2 Å². The first kappa shape index (κ1) is 18.9. The summed E-state index contributed by atoms with van der Waals surface area (Å²) >= 11 is 0. The average molecular weight is 393 g/mol. The molecule has 0 bridgehead atoms. The van der Waals surface area contributed by atoms with Crippen LogP contribution in [0.5, 0.6) is 5.75 Å². The molecule has 1 amide bonds. The van der Waals surface area contributed by atoms with Gasteiger partial charge >= 0.3 is 0 Å². The van der Waals surface area contributed by atoms with Crippen LogP contribution in [0.4, 0.5) is 5.82 Å². The van der Waals surface area contributed by atoms with Gasteiger partial charge in [0.15, 0.2) is 11.9 Å². The summed E-state index contributed by atoms with van der Waals surface area (Å²) in [4.78, 5) is 29.3. The molecule has 0 aliphatic carbocycles. The van der Waals surface area contributed by atoms with Crippen molar-refractivity contribution in [2.75, 3.05) is 31.1 Å². The number of aromatic nitrogens is 5. The Morgan fingerprint density at radius 1 is 1.07 bits per heavy atom. The van der Waals surface area contributed by atoms with Gasteiger partial charge in [-0.25, -0.2) is 19.6 Å². The summed E-state index contributed by atoms with van der Waals surface area (Å²) in [6.07, 6.45) is 4.05. The molecular formula is C20H23N7O2. The zero-order valence-corrected chi connectivity index (χ0v) is 16.5. The van der Waals surface area contributed by atoms with Crippen molar-refractivity contribution < 1.29 is 9.53 Å². The molecule has 29 heavy (non-hydrogen) atoms. The zero-order valence-electron chi connectivity index (χ0n) is 16.5. The number of amides is 1. The highest BCUT2D eigenvalue weighted by Gasteiger charge is 2.26. The van der Waals surface area contributed by atoms with Gasteiger partial charge < -0.3 is 14.5 Å². The molecule has 4 rings (SSSR count). The highest BCUT2D eigenvalue weighted by atomic mass is 16.5. The first-order chi connectivity index (χ1) is 14.1. The second-order valence-corrected chi connectivity index (χ2v) is 6.96. The van der Waals surface area contributed by atoms with Crippen molar-refractivity contribution in [3.05, 3.63) is 54.9 Å². The molecule has 1 aliphatic rings. The first-order valence-electron chi connectivity index (χ1n) is 9.54. The number of anilines is 1. The Kier molecular flexibility index (Phi) is 5.37. The number of hydrogen-bond donors (Lipinski definition) is 0. The van der Waals surface area contributed by atoms with Crippen LogP contribution in [0.25, 0.3) is 5.82 Å². The summed E-state index contributed by atoms with van der Waals surface area (Å²) in [6.45, 7) is 6.41. The minimum absolute atomic E-state index is 0.00264.